The Morgan fingerprint density at radius 2 is 2.25 bits per heavy atom. The molecule has 0 bridgehead atoms. The highest BCUT2D eigenvalue weighted by atomic mass is 16.6. The van der Waals surface area contributed by atoms with Gasteiger partial charge in [-0.05, 0) is 12.3 Å². The van der Waals surface area contributed by atoms with Gasteiger partial charge in [-0.3, -0.25) is 0 Å². The molecule has 1 saturated heterocycles. The molecule has 1 aliphatic heterocycles. The van der Waals surface area contributed by atoms with Crippen LogP contribution in [-0.2, 0) is 9.47 Å². The predicted octanol–water partition coefficient (Wildman–Crippen LogP) is 2.23. The van der Waals surface area contributed by atoms with Gasteiger partial charge in [-0.15, -0.1) is 0 Å². The van der Waals surface area contributed by atoms with Crippen molar-refractivity contribution in [2.24, 2.45) is 5.92 Å². The molecule has 0 saturated carbocycles. The van der Waals surface area contributed by atoms with Gasteiger partial charge in [0.15, 0.2) is 0 Å². The molecule has 12 heavy (non-hydrogen) atoms. The third-order valence-corrected chi connectivity index (χ3v) is 2.49. The van der Waals surface area contributed by atoms with Crippen LogP contribution in [0.15, 0.2) is 0 Å². The third kappa shape index (κ3) is 3.11. The first kappa shape index (κ1) is 10.0. The summed E-state index contributed by atoms with van der Waals surface area (Å²) in [6, 6.07) is 0. The lowest BCUT2D eigenvalue weighted by Gasteiger charge is -2.28. The fourth-order valence-electron chi connectivity index (χ4n) is 1.55. The average Bonchev–Trinajstić information content (AvgIpc) is 2.15. The van der Waals surface area contributed by atoms with Crippen molar-refractivity contribution in [2.75, 3.05) is 19.8 Å². The molecule has 0 aromatic rings. The first-order chi connectivity index (χ1) is 5.84. The van der Waals surface area contributed by atoms with Crippen molar-refractivity contribution in [3.05, 3.63) is 0 Å². The van der Waals surface area contributed by atoms with Gasteiger partial charge in [0.25, 0.3) is 0 Å². The van der Waals surface area contributed by atoms with Gasteiger partial charge in [0, 0.05) is 0 Å². The van der Waals surface area contributed by atoms with Crippen LogP contribution in [0, 0.1) is 5.92 Å². The minimum absolute atomic E-state index is 0.352. The molecule has 0 aromatic heterocycles. The van der Waals surface area contributed by atoms with Crippen LogP contribution in [0.4, 0.5) is 0 Å². The van der Waals surface area contributed by atoms with Crippen molar-refractivity contribution < 1.29 is 9.47 Å². The Morgan fingerprint density at radius 3 is 2.83 bits per heavy atom. The second kappa shape index (κ2) is 5.55. The van der Waals surface area contributed by atoms with Gasteiger partial charge in [-0.2, -0.15) is 0 Å². The Labute approximate surface area is 75.2 Å². The number of rotatable bonds is 4. The molecule has 0 radical (unpaired) electrons. The van der Waals surface area contributed by atoms with Gasteiger partial charge in [0.05, 0.1) is 25.9 Å². The summed E-state index contributed by atoms with van der Waals surface area (Å²) in [5.74, 6) is 0.658. The maximum Gasteiger partial charge on any atom is 0.0835 e. The summed E-state index contributed by atoms with van der Waals surface area (Å²) in [6.45, 7) is 6.84. The molecular weight excluding hydrogens is 152 g/mol. The Kier molecular flexibility index (Phi) is 4.62. The van der Waals surface area contributed by atoms with Crippen molar-refractivity contribution in [3.63, 3.8) is 0 Å². The largest absolute Gasteiger partial charge is 0.376 e. The first-order valence-electron chi connectivity index (χ1n) is 5.04. The van der Waals surface area contributed by atoms with Crippen LogP contribution in [0.1, 0.15) is 33.1 Å². The van der Waals surface area contributed by atoms with E-state index in [4.69, 9.17) is 9.47 Å². The maximum absolute atomic E-state index is 5.61. The fourth-order valence-corrected chi connectivity index (χ4v) is 1.55. The van der Waals surface area contributed by atoms with E-state index in [1.165, 1.54) is 19.3 Å². The molecule has 0 N–H and O–H groups in total. The molecule has 1 fully saturated rings. The summed E-state index contributed by atoms with van der Waals surface area (Å²) in [5.41, 5.74) is 0. The van der Waals surface area contributed by atoms with E-state index >= 15 is 0 Å². The molecular formula is C10H20O2. The van der Waals surface area contributed by atoms with Crippen LogP contribution in [-0.4, -0.2) is 25.9 Å². The van der Waals surface area contributed by atoms with E-state index in [9.17, 15) is 0 Å². The Balaban J connectivity index is 2.15. The molecule has 2 nitrogen and oxygen atoms in total. The van der Waals surface area contributed by atoms with Crippen LogP contribution >= 0.6 is 0 Å². The Morgan fingerprint density at radius 1 is 1.42 bits per heavy atom. The van der Waals surface area contributed by atoms with Gasteiger partial charge < -0.3 is 9.47 Å². The molecule has 1 heterocycles. The average molecular weight is 172 g/mol. The molecule has 2 unspecified atom stereocenters. The van der Waals surface area contributed by atoms with E-state index < -0.39 is 0 Å². The lowest BCUT2D eigenvalue weighted by Crippen LogP contribution is -2.33. The van der Waals surface area contributed by atoms with E-state index in [0.29, 0.717) is 12.0 Å². The van der Waals surface area contributed by atoms with E-state index in [-0.39, 0.29) is 0 Å². The van der Waals surface area contributed by atoms with Crippen LogP contribution in [0.5, 0.6) is 0 Å². The van der Waals surface area contributed by atoms with Crippen LogP contribution in [0.3, 0.4) is 0 Å². The molecule has 0 aliphatic carbocycles. The zero-order chi connectivity index (χ0) is 8.81. The minimum Gasteiger partial charge on any atom is -0.376 e. The predicted molar refractivity (Wildman–Crippen MR) is 49.2 cm³/mol. The Bertz CT molecular complexity index is 108. The quantitative estimate of drug-likeness (QED) is 0.647. The molecule has 1 aliphatic rings. The molecule has 2 atom stereocenters. The number of ether oxygens (including phenoxy) is 2. The van der Waals surface area contributed by atoms with Gasteiger partial charge in [-0.1, -0.05) is 26.7 Å². The molecule has 2 heteroatoms. The number of hydrogen-bond acceptors (Lipinski definition) is 2. The van der Waals surface area contributed by atoms with Crippen molar-refractivity contribution in [3.8, 4) is 0 Å². The first-order valence-corrected chi connectivity index (χ1v) is 5.04. The summed E-state index contributed by atoms with van der Waals surface area (Å²) >= 11 is 0. The van der Waals surface area contributed by atoms with Crippen molar-refractivity contribution in [1.82, 2.24) is 0 Å². The normalized spacial score (nSPS) is 27.0. The highest BCUT2D eigenvalue weighted by Crippen LogP contribution is 2.17. The second-order valence-corrected chi connectivity index (χ2v) is 3.60. The SMILES string of the molecule is CCCCC(C)C1COCCO1. The van der Waals surface area contributed by atoms with Crippen molar-refractivity contribution in [2.45, 2.75) is 39.2 Å². The second-order valence-electron chi connectivity index (χ2n) is 3.60. The zero-order valence-corrected chi connectivity index (χ0v) is 8.21. The standard InChI is InChI=1S/C10H20O2/c1-3-4-5-9(2)10-8-11-6-7-12-10/h9-10H,3-8H2,1-2H3. The molecule has 0 spiro atoms. The zero-order valence-electron chi connectivity index (χ0n) is 8.21. The van der Waals surface area contributed by atoms with Crippen LogP contribution < -0.4 is 0 Å². The van der Waals surface area contributed by atoms with E-state index in [2.05, 4.69) is 13.8 Å². The van der Waals surface area contributed by atoms with Gasteiger partial charge >= 0.3 is 0 Å². The number of hydrogen-bond donors (Lipinski definition) is 0. The van der Waals surface area contributed by atoms with Gasteiger partial charge in [0.2, 0.25) is 0 Å². The van der Waals surface area contributed by atoms with Gasteiger partial charge in [0.1, 0.15) is 0 Å². The summed E-state index contributed by atoms with van der Waals surface area (Å²) < 4.78 is 11.0. The summed E-state index contributed by atoms with van der Waals surface area (Å²) in [5, 5.41) is 0. The monoisotopic (exact) mass is 172 g/mol. The smallest absolute Gasteiger partial charge is 0.0835 e. The Hall–Kier alpha value is -0.0800. The van der Waals surface area contributed by atoms with E-state index in [1.807, 2.05) is 0 Å². The highest BCUT2D eigenvalue weighted by Gasteiger charge is 2.20. The summed E-state index contributed by atoms with van der Waals surface area (Å²) in [7, 11) is 0. The fraction of sp³-hybridized carbons (Fsp3) is 1.00. The highest BCUT2D eigenvalue weighted by molar-refractivity contribution is 4.68. The third-order valence-electron chi connectivity index (χ3n) is 2.49. The lowest BCUT2D eigenvalue weighted by atomic mass is 9.98. The van der Waals surface area contributed by atoms with E-state index in [0.717, 1.165) is 19.8 Å². The lowest BCUT2D eigenvalue weighted by molar-refractivity contribution is -0.109. The minimum atomic E-state index is 0.352. The van der Waals surface area contributed by atoms with E-state index in [1.54, 1.807) is 0 Å². The summed E-state index contributed by atoms with van der Waals surface area (Å²) in [6.07, 6.45) is 4.20. The maximum atomic E-state index is 5.61. The van der Waals surface area contributed by atoms with Gasteiger partial charge in [-0.25, -0.2) is 0 Å². The molecule has 1 rings (SSSR count). The van der Waals surface area contributed by atoms with Crippen molar-refractivity contribution >= 4 is 0 Å². The van der Waals surface area contributed by atoms with Crippen molar-refractivity contribution in [1.29, 1.82) is 0 Å². The number of unbranched alkanes of at least 4 members (excludes halogenated alkanes) is 1. The summed E-state index contributed by atoms with van der Waals surface area (Å²) in [4.78, 5) is 0. The topological polar surface area (TPSA) is 18.5 Å². The van der Waals surface area contributed by atoms with Crippen LogP contribution in [0.2, 0.25) is 0 Å². The molecule has 72 valence electrons. The molecule has 0 amide bonds. The van der Waals surface area contributed by atoms with Crippen LogP contribution in [0.25, 0.3) is 0 Å². The molecule has 0 aromatic carbocycles.